The smallest absolute Gasteiger partial charge is 0.253 e. The third kappa shape index (κ3) is 4.35. The van der Waals surface area contributed by atoms with E-state index in [0.717, 1.165) is 58.8 Å². The number of nitrogens with zero attached hydrogens (tertiary/aromatic N) is 5. The minimum atomic E-state index is 0.0617. The van der Waals surface area contributed by atoms with Gasteiger partial charge < -0.3 is 9.88 Å². The van der Waals surface area contributed by atoms with Gasteiger partial charge in [0, 0.05) is 59.8 Å². The Kier molecular flexibility index (Phi) is 5.62. The lowest BCUT2D eigenvalue weighted by molar-refractivity contribution is 0.0706. The highest BCUT2D eigenvalue weighted by Gasteiger charge is 2.27. The van der Waals surface area contributed by atoms with Gasteiger partial charge in [-0.3, -0.25) is 9.78 Å². The molecule has 0 aliphatic carbocycles. The maximum Gasteiger partial charge on any atom is 0.253 e. The van der Waals surface area contributed by atoms with Crippen LogP contribution in [0.15, 0.2) is 49.1 Å². The average molecular weight is 441 g/mol. The largest absolute Gasteiger partial charge is 0.342 e. The predicted octanol–water partition coefficient (Wildman–Crippen LogP) is 4.87. The second kappa shape index (κ2) is 8.73. The maximum atomic E-state index is 13.4. The molecule has 1 aromatic carbocycles. The molecular weight excluding hydrogens is 412 g/mol. The van der Waals surface area contributed by atoms with Gasteiger partial charge in [-0.05, 0) is 55.7 Å². The van der Waals surface area contributed by atoms with Crippen LogP contribution in [-0.4, -0.2) is 48.8 Å². The van der Waals surface area contributed by atoms with Crippen LogP contribution < -0.4 is 0 Å². The number of piperidine rings is 1. The summed E-state index contributed by atoms with van der Waals surface area (Å²) in [6.45, 7) is 7.64. The number of nitrogens with one attached hydrogen (secondary N) is 1. The number of fused-ring (bicyclic) bond motifs is 1. The Morgan fingerprint density at radius 1 is 1.09 bits per heavy atom. The van der Waals surface area contributed by atoms with E-state index in [1.807, 2.05) is 42.4 Å². The number of rotatable bonds is 4. The van der Waals surface area contributed by atoms with Crippen molar-refractivity contribution in [3.63, 3.8) is 0 Å². The van der Waals surface area contributed by atoms with Crippen molar-refractivity contribution in [2.75, 3.05) is 13.1 Å². The van der Waals surface area contributed by atoms with Gasteiger partial charge in [-0.15, -0.1) is 0 Å². The van der Waals surface area contributed by atoms with Crippen LogP contribution in [0.3, 0.4) is 0 Å². The first-order valence-corrected chi connectivity index (χ1v) is 11.5. The van der Waals surface area contributed by atoms with Gasteiger partial charge in [-0.1, -0.05) is 13.8 Å². The zero-order chi connectivity index (χ0) is 22.9. The lowest BCUT2D eigenvalue weighted by Gasteiger charge is -2.33. The highest BCUT2D eigenvalue weighted by Crippen LogP contribution is 2.30. The van der Waals surface area contributed by atoms with E-state index in [1.54, 1.807) is 0 Å². The molecule has 1 N–H and O–H groups in total. The molecule has 5 rings (SSSR count). The number of amides is 1. The van der Waals surface area contributed by atoms with Crippen molar-refractivity contribution in [1.82, 2.24) is 29.8 Å². The molecule has 0 radical (unpaired) electrons. The second-order valence-electron chi connectivity index (χ2n) is 9.15. The fourth-order valence-corrected chi connectivity index (χ4v) is 4.54. The maximum absolute atomic E-state index is 13.4. The van der Waals surface area contributed by atoms with E-state index < -0.39 is 0 Å². The number of pyridine rings is 1. The minimum absolute atomic E-state index is 0.0617. The number of carbonyl (C=O) groups is 1. The molecule has 0 spiro atoms. The molecule has 168 valence electrons. The van der Waals surface area contributed by atoms with Gasteiger partial charge >= 0.3 is 0 Å². The van der Waals surface area contributed by atoms with Crippen molar-refractivity contribution >= 4 is 16.9 Å². The number of hydrogen-bond donors (Lipinski definition) is 1. The third-order valence-corrected chi connectivity index (χ3v) is 6.29. The van der Waals surface area contributed by atoms with Crippen molar-refractivity contribution in [1.29, 1.82) is 0 Å². The Morgan fingerprint density at radius 3 is 2.70 bits per heavy atom. The molecule has 0 saturated carbocycles. The predicted molar refractivity (Wildman–Crippen MR) is 128 cm³/mol. The van der Waals surface area contributed by atoms with Gasteiger partial charge in [0.2, 0.25) is 0 Å². The summed E-state index contributed by atoms with van der Waals surface area (Å²) in [6, 6.07) is 9.92. The van der Waals surface area contributed by atoms with E-state index in [4.69, 9.17) is 4.98 Å². The molecule has 4 heterocycles. The number of aryl methyl sites for hydroxylation is 1. The molecule has 3 aromatic heterocycles. The molecule has 1 amide bonds. The summed E-state index contributed by atoms with van der Waals surface area (Å²) in [5, 5.41) is 0. The number of benzene rings is 1. The van der Waals surface area contributed by atoms with Crippen LogP contribution in [0.4, 0.5) is 0 Å². The van der Waals surface area contributed by atoms with Crippen LogP contribution in [0.5, 0.6) is 0 Å². The molecule has 1 aliphatic rings. The molecule has 1 aliphatic heterocycles. The first-order valence-electron chi connectivity index (χ1n) is 11.5. The van der Waals surface area contributed by atoms with Crippen molar-refractivity contribution in [3.8, 4) is 11.1 Å². The number of aromatic nitrogens is 5. The number of aromatic amines is 1. The lowest BCUT2D eigenvalue weighted by Crippen LogP contribution is -2.39. The standard InChI is InChI=1S/C26H28N6O/c1-16(2)25-30-22-7-6-18(10-24(22)31-25)26(33)32-8-4-5-19(14-32)23-11-20(9-17(3)29-23)21-12-27-15-28-13-21/h6-7,9-13,15-16,19H,4-5,8,14H2,1-3H3,(H,30,31)/t19-/m1/s1. The summed E-state index contributed by atoms with van der Waals surface area (Å²) >= 11 is 0. The van der Waals surface area contributed by atoms with Crippen molar-refractivity contribution in [2.24, 2.45) is 0 Å². The number of carbonyl (C=O) groups excluding carboxylic acids is 1. The Hall–Kier alpha value is -3.61. The SMILES string of the molecule is Cc1cc(-c2cncnc2)cc([C@@H]2CCCN(C(=O)c3ccc4nc(C(C)C)[nH]c4c3)C2)n1. The van der Waals surface area contributed by atoms with E-state index in [1.165, 1.54) is 6.33 Å². The number of hydrogen-bond acceptors (Lipinski definition) is 5. The molecule has 7 heteroatoms. The molecule has 1 atom stereocenters. The lowest BCUT2D eigenvalue weighted by atomic mass is 9.92. The Balaban J connectivity index is 1.38. The summed E-state index contributed by atoms with van der Waals surface area (Å²) in [5.41, 5.74) is 6.52. The quantitative estimate of drug-likeness (QED) is 0.489. The van der Waals surface area contributed by atoms with Crippen LogP contribution in [0.1, 0.15) is 66.1 Å². The van der Waals surface area contributed by atoms with Gasteiger partial charge in [-0.2, -0.15) is 0 Å². The molecule has 1 fully saturated rings. The Labute approximate surface area is 193 Å². The molecule has 33 heavy (non-hydrogen) atoms. The van der Waals surface area contributed by atoms with Crippen molar-refractivity contribution in [2.45, 2.75) is 45.4 Å². The molecule has 4 aromatic rings. The van der Waals surface area contributed by atoms with E-state index in [9.17, 15) is 4.79 Å². The van der Waals surface area contributed by atoms with Crippen LogP contribution in [-0.2, 0) is 0 Å². The zero-order valence-electron chi connectivity index (χ0n) is 19.2. The number of likely N-dealkylation sites (tertiary alicyclic amines) is 1. The molecule has 1 saturated heterocycles. The molecule has 0 bridgehead atoms. The number of imidazole rings is 1. The topological polar surface area (TPSA) is 87.7 Å². The molecular formula is C26H28N6O. The summed E-state index contributed by atoms with van der Waals surface area (Å²) in [6.07, 6.45) is 7.15. The van der Waals surface area contributed by atoms with Crippen LogP contribution in [0.25, 0.3) is 22.2 Å². The number of H-pyrrole nitrogens is 1. The van der Waals surface area contributed by atoms with Crippen molar-refractivity contribution < 1.29 is 4.79 Å². The normalized spacial score (nSPS) is 16.5. The Morgan fingerprint density at radius 2 is 1.91 bits per heavy atom. The van der Waals surface area contributed by atoms with Crippen LogP contribution in [0, 0.1) is 6.92 Å². The van der Waals surface area contributed by atoms with Crippen LogP contribution >= 0.6 is 0 Å². The summed E-state index contributed by atoms with van der Waals surface area (Å²) in [7, 11) is 0. The van der Waals surface area contributed by atoms with E-state index >= 15 is 0 Å². The average Bonchev–Trinajstić information content (AvgIpc) is 3.28. The molecule has 7 nitrogen and oxygen atoms in total. The first kappa shape index (κ1) is 21.2. The third-order valence-electron chi connectivity index (χ3n) is 6.29. The van der Waals surface area contributed by atoms with Gasteiger partial charge in [0.05, 0.1) is 11.0 Å². The zero-order valence-corrected chi connectivity index (χ0v) is 19.2. The highest BCUT2D eigenvalue weighted by atomic mass is 16.2. The monoisotopic (exact) mass is 440 g/mol. The fraction of sp³-hybridized carbons (Fsp3) is 0.346. The minimum Gasteiger partial charge on any atom is -0.342 e. The first-order chi connectivity index (χ1) is 16.0. The van der Waals surface area contributed by atoms with Gasteiger partial charge in [-0.25, -0.2) is 15.0 Å². The van der Waals surface area contributed by atoms with Crippen molar-refractivity contribution in [3.05, 3.63) is 71.8 Å². The molecule has 0 unspecified atom stereocenters. The van der Waals surface area contributed by atoms with Gasteiger partial charge in [0.15, 0.2) is 0 Å². The highest BCUT2D eigenvalue weighted by molar-refractivity contribution is 5.97. The summed E-state index contributed by atoms with van der Waals surface area (Å²) in [4.78, 5) is 36.4. The van der Waals surface area contributed by atoms with Gasteiger partial charge in [0.1, 0.15) is 12.2 Å². The van der Waals surface area contributed by atoms with Gasteiger partial charge in [0.25, 0.3) is 5.91 Å². The summed E-state index contributed by atoms with van der Waals surface area (Å²) < 4.78 is 0. The van der Waals surface area contributed by atoms with E-state index in [0.29, 0.717) is 18.0 Å². The van der Waals surface area contributed by atoms with E-state index in [-0.39, 0.29) is 11.8 Å². The van der Waals surface area contributed by atoms with E-state index in [2.05, 4.69) is 45.9 Å². The fourth-order valence-electron chi connectivity index (χ4n) is 4.54. The van der Waals surface area contributed by atoms with Crippen LogP contribution in [0.2, 0.25) is 0 Å². The Bertz CT molecular complexity index is 1300. The summed E-state index contributed by atoms with van der Waals surface area (Å²) in [5.74, 6) is 1.52. The second-order valence-corrected chi connectivity index (χ2v) is 9.15.